The number of carbonyl (C=O) groups is 1. The van der Waals surface area contributed by atoms with E-state index in [2.05, 4.69) is 30.4 Å². The van der Waals surface area contributed by atoms with Gasteiger partial charge in [-0.2, -0.15) is 0 Å². The molecule has 2 aliphatic rings. The van der Waals surface area contributed by atoms with E-state index in [0.717, 1.165) is 31.6 Å². The molecule has 126 valence electrons. The highest BCUT2D eigenvalue weighted by Gasteiger charge is 2.32. The number of hydrogen-bond donors (Lipinski definition) is 1. The lowest BCUT2D eigenvalue weighted by Gasteiger charge is -2.33. The Morgan fingerprint density at radius 1 is 1.30 bits per heavy atom. The van der Waals surface area contributed by atoms with Gasteiger partial charge in [0.05, 0.1) is 5.69 Å². The Morgan fingerprint density at radius 2 is 2.09 bits per heavy atom. The van der Waals surface area contributed by atoms with Crippen LogP contribution in [0.2, 0.25) is 0 Å². The summed E-state index contributed by atoms with van der Waals surface area (Å²) in [6, 6.07) is 6.54. The van der Waals surface area contributed by atoms with Crippen LogP contribution < -0.4 is 10.2 Å². The average molecular weight is 316 g/mol. The van der Waals surface area contributed by atoms with Crippen LogP contribution in [-0.4, -0.2) is 24.8 Å². The van der Waals surface area contributed by atoms with Crippen LogP contribution >= 0.6 is 0 Å². The largest absolute Gasteiger partial charge is 0.443 e. The molecular formula is C19H28N2O2. The smallest absolute Gasteiger partial charge is 0.414 e. The second kappa shape index (κ2) is 5.82. The molecule has 0 bridgehead atoms. The first-order valence-corrected chi connectivity index (χ1v) is 8.67. The number of hydrogen-bond acceptors (Lipinski definition) is 3. The van der Waals surface area contributed by atoms with Gasteiger partial charge in [0.15, 0.2) is 0 Å². The molecule has 0 spiro atoms. The number of benzene rings is 1. The molecule has 1 saturated heterocycles. The summed E-state index contributed by atoms with van der Waals surface area (Å²) in [5.74, 6) is 0. The molecule has 0 aliphatic carbocycles. The monoisotopic (exact) mass is 316 g/mol. The second-order valence-electron chi connectivity index (χ2n) is 7.94. The van der Waals surface area contributed by atoms with E-state index in [1.165, 1.54) is 24.0 Å². The van der Waals surface area contributed by atoms with E-state index in [-0.39, 0.29) is 11.6 Å². The molecule has 1 fully saturated rings. The Bertz CT molecular complexity index is 598. The third kappa shape index (κ3) is 3.37. The van der Waals surface area contributed by atoms with Gasteiger partial charge in [-0.05, 0) is 77.1 Å². The number of carbonyl (C=O) groups excluding carboxylic acids is 1. The van der Waals surface area contributed by atoms with Gasteiger partial charge in [-0.25, -0.2) is 4.79 Å². The minimum absolute atomic E-state index is 0.0726. The number of amides is 1. The number of fused-ring (bicyclic) bond motifs is 1. The van der Waals surface area contributed by atoms with Gasteiger partial charge in [-0.1, -0.05) is 12.1 Å². The van der Waals surface area contributed by atoms with Gasteiger partial charge < -0.3 is 10.1 Å². The zero-order valence-corrected chi connectivity index (χ0v) is 14.7. The van der Waals surface area contributed by atoms with Gasteiger partial charge in [0.1, 0.15) is 5.60 Å². The molecule has 1 aromatic carbocycles. The van der Waals surface area contributed by atoms with Gasteiger partial charge in [0.2, 0.25) is 0 Å². The summed E-state index contributed by atoms with van der Waals surface area (Å²) in [5.41, 5.74) is 3.21. The molecule has 1 aromatic rings. The quantitative estimate of drug-likeness (QED) is 0.852. The van der Waals surface area contributed by atoms with Crippen LogP contribution in [0.5, 0.6) is 0 Å². The third-order valence-electron chi connectivity index (χ3n) is 4.82. The summed E-state index contributed by atoms with van der Waals surface area (Å²) in [6.07, 6.45) is 4.16. The van der Waals surface area contributed by atoms with Crippen LogP contribution in [0.25, 0.3) is 0 Å². The van der Waals surface area contributed by atoms with Gasteiger partial charge in [-0.3, -0.25) is 4.90 Å². The van der Waals surface area contributed by atoms with Gasteiger partial charge in [0.25, 0.3) is 0 Å². The maximum Gasteiger partial charge on any atom is 0.414 e. The molecule has 4 nitrogen and oxygen atoms in total. The van der Waals surface area contributed by atoms with E-state index in [9.17, 15) is 4.79 Å². The van der Waals surface area contributed by atoms with E-state index < -0.39 is 5.60 Å². The second-order valence-corrected chi connectivity index (χ2v) is 7.94. The lowest BCUT2D eigenvalue weighted by Crippen LogP contribution is -2.40. The van der Waals surface area contributed by atoms with E-state index in [1.54, 1.807) is 4.90 Å². The van der Waals surface area contributed by atoms with Crippen LogP contribution in [0.15, 0.2) is 18.2 Å². The van der Waals surface area contributed by atoms with Crippen molar-refractivity contribution < 1.29 is 9.53 Å². The van der Waals surface area contributed by atoms with E-state index in [4.69, 9.17) is 4.74 Å². The van der Waals surface area contributed by atoms with Crippen LogP contribution in [0.3, 0.4) is 0 Å². The molecule has 0 saturated carbocycles. The summed E-state index contributed by atoms with van der Waals surface area (Å²) in [4.78, 5) is 14.3. The normalized spacial score (nSPS) is 24.4. The first kappa shape index (κ1) is 16.3. The van der Waals surface area contributed by atoms with Crippen LogP contribution in [-0.2, 0) is 16.7 Å². The van der Waals surface area contributed by atoms with Gasteiger partial charge >= 0.3 is 6.09 Å². The Labute approximate surface area is 139 Å². The fraction of sp³-hybridized carbons (Fsp3) is 0.632. The predicted octanol–water partition coefficient (Wildman–Crippen LogP) is 3.97. The van der Waals surface area contributed by atoms with Crippen LogP contribution in [0.1, 0.15) is 58.1 Å². The number of nitrogens with zero attached hydrogens (tertiary/aromatic N) is 1. The molecule has 4 heteroatoms. The molecule has 3 rings (SSSR count). The molecule has 2 aliphatic heterocycles. The first-order chi connectivity index (χ1) is 10.8. The highest BCUT2D eigenvalue weighted by Crippen LogP contribution is 2.35. The fourth-order valence-electron chi connectivity index (χ4n) is 3.59. The topological polar surface area (TPSA) is 41.6 Å². The SMILES string of the molecule is CC(C)(C)OC(=O)N1CCCc2cc(C3(C)CCCN3)ccc21. The van der Waals surface area contributed by atoms with Crippen molar-refractivity contribution in [3.8, 4) is 0 Å². The summed E-state index contributed by atoms with van der Waals surface area (Å²) < 4.78 is 5.56. The predicted molar refractivity (Wildman–Crippen MR) is 92.9 cm³/mol. The summed E-state index contributed by atoms with van der Waals surface area (Å²) in [6.45, 7) is 9.81. The number of rotatable bonds is 1. The number of ether oxygens (including phenoxy) is 1. The summed E-state index contributed by atoms with van der Waals surface area (Å²) in [7, 11) is 0. The molecule has 23 heavy (non-hydrogen) atoms. The Balaban J connectivity index is 1.87. The molecule has 1 N–H and O–H groups in total. The zero-order valence-electron chi connectivity index (χ0n) is 14.7. The average Bonchev–Trinajstić information content (AvgIpc) is 2.92. The van der Waals surface area contributed by atoms with Crippen molar-refractivity contribution in [3.63, 3.8) is 0 Å². The highest BCUT2D eigenvalue weighted by molar-refractivity contribution is 5.89. The summed E-state index contributed by atoms with van der Waals surface area (Å²) in [5, 5.41) is 3.62. The number of anilines is 1. The molecular weight excluding hydrogens is 288 g/mol. The highest BCUT2D eigenvalue weighted by atomic mass is 16.6. The lowest BCUT2D eigenvalue weighted by molar-refractivity contribution is 0.0578. The number of aryl methyl sites for hydroxylation is 1. The van der Waals surface area contributed by atoms with Crippen molar-refractivity contribution in [2.24, 2.45) is 0 Å². The van der Waals surface area contributed by atoms with E-state index in [0.29, 0.717) is 0 Å². The molecule has 1 amide bonds. The standard InChI is InChI=1S/C19H28N2O2/c1-18(2,3)23-17(22)21-12-5-7-14-13-15(8-9-16(14)21)19(4)10-6-11-20-19/h8-9,13,20H,5-7,10-12H2,1-4H3. The Kier molecular flexibility index (Phi) is 4.13. The van der Waals surface area contributed by atoms with Crippen molar-refractivity contribution in [3.05, 3.63) is 29.3 Å². The van der Waals surface area contributed by atoms with Crippen molar-refractivity contribution in [2.75, 3.05) is 18.0 Å². The van der Waals surface area contributed by atoms with Crippen molar-refractivity contribution in [1.82, 2.24) is 5.32 Å². The van der Waals surface area contributed by atoms with Crippen LogP contribution in [0.4, 0.5) is 10.5 Å². The summed E-state index contributed by atoms with van der Waals surface area (Å²) >= 11 is 0. The molecule has 0 radical (unpaired) electrons. The molecule has 0 aromatic heterocycles. The molecule has 2 heterocycles. The van der Waals surface area contributed by atoms with Crippen LogP contribution in [0, 0.1) is 0 Å². The first-order valence-electron chi connectivity index (χ1n) is 8.67. The molecule has 1 atom stereocenters. The van der Waals surface area contributed by atoms with Crippen molar-refractivity contribution >= 4 is 11.8 Å². The maximum atomic E-state index is 12.5. The van der Waals surface area contributed by atoms with Gasteiger partial charge in [-0.15, -0.1) is 0 Å². The Hall–Kier alpha value is -1.55. The molecule has 1 unspecified atom stereocenters. The van der Waals surface area contributed by atoms with Crippen molar-refractivity contribution in [2.45, 2.75) is 64.5 Å². The Morgan fingerprint density at radius 3 is 2.74 bits per heavy atom. The van der Waals surface area contributed by atoms with Crippen molar-refractivity contribution in [1.29, 1.82) is 0 Å². The number of nitrogens with one attached hydrogen (secondary N) is 1. The minimum atomic E-state index is -0.462. The third-order valence-corrected chi connectivity index (χ3v) is 4.82. The maximum absolute atomic E-state index is 12.5. The lowest BCUT2D eigenvalue weighted by atomic mass is 9.87. The fourth-order valence-corrected chi connectivity index (χ4v) is 3.59. The van der Waals surface area contributed by atoms with E-state index >= 15 is 0 Å². The zero-order chi connectivity index (χ0) is 16.7. The van der Waals surface area contributed by atoms with Gasteiger partial charge in [0, 0.05) is 12.1 Å². The van der Waals surface area contributed by atoms with E-state index in [1.807, 2.05) is 20.8 Å². The minimum Gasteiger partial charge on any atom is -0.443 e.